The first-order valence-corrected chi connectivity index (χ1v) is 19.7. The van der Waals surface area contributed by atoms with Crippen molar-refractivity contribution in [3.8, 4) is 34.2 Å². The molecule has 2 amide bonds. The lowest BCUT2D eigenvalue weighted by Gasteiger charge is -2.36. The smallest absolute Gasteiger partial charge is 0.293 e. The fourth-order valence-electron chi connectivity index (χ4n) is 8.22. The molecule has 5 atom stereocenters. The quantitative estimate of drug-likeness (QED) is 0.113. The molecule has 4 aromatic rings. The van der Waals surface area contributed by atoms with E-state index in [2.05, 4.69) is 60.3 Å². The largest absolute Gasteiger partial charge is 0.508 e. The lowest BCUT2D eigenvalue weighted by atomic mass is 9.74. The van der Waals surface area contributed by atoms with Gasteiger partial charge in [0.1, 0.15) is 11.8 Å². The van der Waals surface area contributed by atoms with Gasteiger partial charge in [-0.1, -0.05) is 26.0 Å². The number of aromatic hydroxyl groups is 1. The number of methoxy groups -OCH3 is 1. The molecule has 56 heavy (non-hydrogen) atoms. The highest BCUT2D eigenvalue weighted by molar-refractivity contribution is 5.95. The molecule has 1 saturated carbocycles. The second-order valence-electron chi connectivity index (χ2n) is 16.1. The highest BCUT2D eigenvalue weighted by Crippen LogP contribution is 2.42. The summed E-state index contributed by atoms with van der Waals surface area (Å²) in [7, 11) is 1.67. The number of aromatic nitrogens is 2. The van der Waals surface area contributed by atoms with Gasteiger partial charge in [0.05, 0.1) is 42.0 Å². The molecule has 2 aliphatic rings. The summed E-state index contributed by atoms with van der Waals surface area (Å²) in [5.74, 6) is -1.30. The Hall–Kier alpha value is -5.25. The maximum Gasteiger partial charge on any atom is 0.293 e. The SMILES string of the molecule is CCn1c(-c2cccnc2C(C)OC)c(CC(C)(C)COC=O)c2cc(-c3cc(O)cc(CC(NC(=O)C4CCC4C#N)C(=O)N4CCC[C@@H](C)N4)c3)ccc21. The lowest BCUT2D eigenvalue weighted by molar-refractivity contribution is -0.142. The minimum Gasteiger partial charge on any atom is -0.508 e. The summed E-state index contributed by atoms with van der Waals surface area (Å²) < 4.78 is 13.3. The monoisotopic (exact) mass is 762 g/mol. The highest BCUT2D eigenvalue weighted by Gasteiger charge is 2.39. The molecule has 2 aromatic heterocycles. The minimum atomic E-state index is -0.899. The molecule has 0 spiro atoms. The summed E-state index contributed by atoms with van der Waals surface area (Å²) in [6.07, 6.45) is 5.32. The van der Waals surface area contributed by atoms with E-state index in [-0.39, 0.29) is 48.7 Å². The Labute approximate surface area is 329 Å². The third-order valence-corrected chi connectivity index (χ3v) is 11.3. The van der Waals surface area contributed by atoms with Crippen LogP contribution >= 0.6 is 0 Å². The second-order valence-corrected chi connectivity index (χ2v) is 16.1. The van der Waals surface area contributed by atoms with E-state index in [9.17, 15) is 24.8 Å². The Morgan fingerprint density at radius 3 is 2.64 bits per heavy atom. The Morgan fingerprint density at radius 1 is 1.16 bits per heavy atom. The number of carbonyl (C=O) groups excluding carboxylic acids is 3. The van der Waals surface area contributed by atoms with Gasteiger partial charge in [0.25, 0.3) is 12.4 Å². The molecule has 4 unspecified atom stereocenters. The zero-order valence-electron chi connectivity index (χ0n) is 33.3. The van der Waals surface area contributed by atoms with Gasteiger partial charge >= 0.3 is 0 Å². The molecule has 296 valence electrons. The van der Waals surface area contributed by atoms with E-state index in [1.807, 2.05) is 32.0 Å². The number of amides is 2. The van der Waals surface area contributed by atoms with Crippen LogP contribution in [0.2, 0.25) is 0 Å². The zero-order valence-corrected chi connectivity index (χ0v) is 33.3. The van der Waals surface area contributed by atoms with Crippen LogP contribution < -0.4 is 10.7 Å². The van der Waals surface area contributed by atoms with E-state index in [4.69, 9.17) is 14.5 Å². The number of phenolic OH excluding ortho intramolecular Hbond substituents is 1. The molecule has 0 radical (unpaired) electrons. The molecular formula is C44H54N6O6. The highest BCUT2D eigenvalue weighted by atomic mass is 16.5. The third kappa shape index (κ3) is 8.59. The van der Waals surface area contributed by atoms with Crippen molar-refractivity contribution in [3.63, 3.8) is 0 Å². The molecule has 12 heteroatoms. The van der Waals surface area contributed by atoms with Gasteiger partial charge in [-0.3, -0.25) is 24.4 Å². The standard InChI is InChI=1S/C44H54N6O6/c1-7-49-39-15-13-30(22-36(39)37(23-44(4,5)25-56-26-51)41(49)35-11-8-16-46-40(35)28(3)55-6)32-18-29(19-33(52)21-32)20-38(43(54)50-17-9-10-27(2)48-50)47-42(53)34-14-12-31(34)24-45/h8,11,13,15-16,18-19,21-22,26-28,31,34,38,48,52H,7,9-10,12,14,17,20,23,25H2,1-6H3,(H,47,53)/t27-,28?,31?,34?,38?/m1/s1. The van der Waals surface area contributed by atoms with E-state index in [0.717, 1.165) is 57.4 Å². The van der Waals surface area contributed by atoms with E-state index in [1.54, 1.807) is 30.4 Å². The van der Waals surface area contributed by atoms with E-state index >= 15 is 0 Å². The summed E-state index contributed by atoms with van der Waals surface area (Å²) >= 11 is 0. The van der Waals surface area contributed by atoms with Gasteiger partial charge in [0.2, 0.25) is 5.91 Å². The Kier molecular flexibility index (Phi) is 12.5. The molecule has 0 bridgehead atoms. The molecular weight excluding hydrogens is 709 g/mol. The summed E-state index contributed by atoms with van der Waals surface area (Å²) in [5.41, 5.74) is 10.0. The van der Waals surface area contributed by atoms with E-state index in [1.165, 1.54) is 0 Å². The van der Waals surface area contributed by atoms with Crippen LogP contribution in [0.4, 0.5) is 0 Å². The topological polar surface area (TPSA) is 159 Å². The third-order valence-electron chi connectivity index (χ3n) is 11.3. The van der Waals surface area contributed by atoms with Gasteiger partial charge in [0, 0.05) is 60.7 Å². The first kappa shape index (κ1) is 40.4. The number of benzene rings is 2. The fraction of sp³-hybridized carbons (Fsp3) is 0.477. The van der Waals surface area contributed by atoms with Crippen molar-refractivity contribution in [1.29, 1.82) is 5.26 Å². The van der Waals surface area contributed by atoms with Gasteiger partial charge in [-0.25, -0.2) is 5.43 Å². The summed E-state index contributed by atoms with van der Waals surface area (Å²) in [6.45, 7) is 12.2. The molecule has 2 aromatic carbocycles. The first-order valence-electron chi connectivity index (χ1n) is 19.7. The molecule has 12 nitrogen and oxygen atoms in total. The van der Waals surface area contributed by atoms with Crippen molar-refractivity contribution >= 4 is 29.2 Å². The number of rotatable bonds is 15. The Balaban J connectivity index is 1.43. The van der Waals surface area contributed by atoms with Crippen LogP contribution in [-0.4, -0.2) is 70.3 Å². The zero-order chi connectivity index (χ0) is 40.1. The number of nitrogens with zero attached hydrogens (tertiary/aromatic N) is 4. The molecule has 6 rings (SSSR count). The van der Waals surface area contributed by atoms with Crippen molar-refractivity contribution in [3.05, 3.63) is 71.5 Å². The molecule has 1 aliphatic carbocycles. The van der Waals surface area contributed by atoms with Crippen molar-refractivity contribution in [2.45, 2.75) is 97.9 Å². The van der Waals surface area contributed by atoms with Crippen LogP contribution in [0, 0.1) is 28.6 Å². The van der Waals surface area contributed by atoms with Crippen molar-refractivity contribution < 1.29 is 29.0 Å². The molecule has 1 saturated heterocycles. The second kappa shape index (κ2) is 17.3. The van der Waals surface area contributed by atoms with Crippen LogP contribution in [0.25, 0.3) is 33.3 Å². The van der Waals surface area contributed by atoms with Gasteiger partial charge in [-0.05, 0) is 112 Å². The Bertz CT molecular complexity index is 2120. The number of fused-ring (bicyclic) bond motifs is 1. The lowest BCUT2D eigenvalue weighted by Crippen LogP contribution is -2.59. The summed E-state index contributed by atoms with van der Waals surface area (Å²) in [4.78, 5) is 43.4. The van der Waals surface area contributed by atoms with E-state index < -0.39 is 17.4 Å². The van der Waals surface area contributed by atoms with Crippen LogP contribution in [0.5, 0.6) is 5.75 Å². The maximum absolute atomic E-state index is 14.0. The number of pyridine rings is 1. The van der Waals surface area contributed by atoms with E-state index in [0.29, 0.717) is 44.4 Å². The summed E-state index contributed by atoms with van der Waals surface area (Å²) in [6, 6.07) is 17.0. The number of ether oxygens (including phenoxy) is 2. The van der Waals surface area contributed by atoms with Crippen molar-refractivity contribution in [2.75, 3.05) is 20.3 Å². The molecule has 2 fully saturated rings. The fourth-order valence-corrected chi connectivity index (χ4v) is 8.22. The minimum absolute atomic E-state index is 0.0381. The number of phenols is 1. The summed E-state index contributed by atoms with van der Waals surface area (Å²) in [5, 5.41) is 26.2. The maximum atomic E-state index is 14.0. The van der Waals surface area contributed by atoms with Gasteiger partial charge < -0.3 is 24.5 Å². The first-order chi connectivity index (χ1) is 26.9. The van der Waals surface area contributed by atoms with Crippen LogP contribution in [-0.2, 0) is 43.2 Å². The average molecular weight is 763 g/mol. The van der Waals surface area contributed by atoms with Crippen LogP contribution in [0.3, 0.4) is 0 Å². The van der Waals surface area contributed by atoms with Gasteiger partial charge in [-0.15, -0.1) is 0 Å². The van der Waals surface area contributed by atoms with Crippen LogP contribution in [0.1, 0.15) is 83.2 Å². The predicted octanol–water partition coefficient (Wildman–Crippen LogP) is 6.64. The molecule has 1 aliphatic heterocycles. The normalized spacial score (nSPS) is 19.4. The number of carbonyl (C=O) groups is 3. The number of aryl methyl sites for hydroxylation is 1. The number of nitrogens with one attached hydrogen (secondary N) is 2. The van der Waals surface area contributed by atoms with Crippen molar-refractivity contribution in [2.24, 2.45) is 17.3 Å². The molecule has 3 heterocycles. The molecule has 3 N–H and O–H groups in total. The average Bonchev–Trinajstić information content (AvgIpc) is 3.47. The predicted molar refractivity (Wildman–Crippen MR) is 214 cm³/mol. The van der Waals surface area contributed by atoms with Crippen LogP contribution in [0.15, 0.2) is 54.7 Å². The van der Waals surface area contributed by atoms with Crippen molar-refractivity contribution in [1.82, 2.24) is 25.3 Å². The number of hydrogen-bond donors (Lipinski definition) is 3. The van der Waals surface area contributed by atoms with Gasteiger partial charge in [-0.2, -0.15) is 5.26 Å². The number of hydrogen-bond acceptors (Lipinski definition) is 9. The van der Waals surface area contributed by atoms with Gasteiger partial charge in [0.15, 0.2) is 0 Å². The number of hydrazine groups is 1. The number of nitriles is 1. The Morgan fingerprint density at radius 2 is 1.96 bits per heavy atom.